The molecule has 1 atom stereocenters. The normalized spacial score (nSPS) is 19.1. The number of carbonyl (C=O) groups is 2. The number of imidazole rings is 1. The zero-order valence-corrected chi connectivity index (χ0v) is 30.3. The number of pyridine rings is 2. The van der Waals surface area contributed by atoms with Gasteiger partial charge in [-0.15, -0.1) is 0 Å². The first-order chi connectivity index (χ1) is 25.2. The lowest BCUT2D eigenvalue weighted by atomic mass is 9.95. The van der Waals surface area contributed by atoms with Crippen LogP contribution >= 0.6 is 11.6 Å². The molecule has 270 valence electrons. The average Bonchev–Trinajstić information content (AvgIpc) is 3.72. The number of nitrogens with one attached hydrogen (secondary N) is 2. The summed E-state index contributed by atoms with van der Waals surface area (Å²) in [6, 6.07) is 12.0. The Hall–Kier alpha value is -5.21. The Morgan fingerprint density at radius 3 is 2.44 bits per heavy atom. The second-order valence-corrected chi connectivity index (χ2v) is 14.4. The molecule has 3 aliphatic heterocycles. The Kier molecular flexibility index (Phi) is 9.18. The van der Waals surface area contributed by atoms with Crippen molar-refractivity contribution >= 4 is 51.9 Å². The van der Waals surface area contributed by atoms with Gasteiger partial charge in [0.25, 0.3) is 0 Å². The Morgan fingerprint density at radius 1 is 0.962 bits per heavy atom. The topological polar surface area (TPSA) is 141 Å². The molecule has 0 bridgehead atoms. The summed E-state index contributed by atoms with van der Waals surface area (Å²) in [7, 11) is 1.88. The van der Waals surface area contributed by atoms with Crippen molar-refractivity contribution in [2.75, 3.05) is 60.5 Å². The minimum atomic E-state index is -0.352. The fraction of sp³-hybridized carbons (Fsp3) is 0.405. The molecule has 3 amide bonds. The van der Waals surface area contributed by atoms with E-state index in [1.165, 1.54) is 5.69 Å². The SMILES string of the molecule is Cc1nn(C)cc1-c1nc2ncc(Cl)c(Oc3ccc(N4CCN(CC5CCN(c6ccc(N7CCC(=O)NC7=O)cc6)CC5)C[C@@H]4C)nc3)c2[nH]1. The highest BCUT2D eigenvalue weighted by Gasteiger charge is 2.29. The monoisotopic (exact) mass is 723 g/mol. The summed E-state index contributed by atoms with van der Waals surface area (Å²) in [6.45, 7) is 10.6. The number of amides is 3. The number of piperidine rings is 1. The Bertz CT molecular complexity index is 2090. The molecule has 3 aliphatic rings. The number of aryl methyl sites for hydroxylation is 2. The second kappa shape index (κ2) is 14.1. The van der Waals surface area contributed by atoms with Crippen LogP contribution in [-0.2, 0) is 11.8 Å². The summed E-state index contributed by atoms with van der Waals surface area (Å²) in [5.41, 5.74) is 4.86. The zero-order chi connectivity index (χ0) is 35.9. The molecule has 0 spiro atoms. The summed E-state index contributed by atoms with van der Waals surface area (Å²) in [5, 5.41) is 7.19. The first-order valence-electron chi connectivity index (χ1n) is 17.8. The van der Waals surface area contributed by atoms with E-state index in [0.29, 0.717) is 58.4 Å². The Balaban J connectivity index is 0.836. The van der Waals surface area contributed by atoms with Crippen LogP contribution in [0.5, 0.6) is 11.5 Å². The number of fused-ring (bicyclic) bond motifs is 1. The molecule has 14 nitrogen and oxygen atoms in total. The summed E-state index contributed by atoms with van der Waals surface area (Å²) < 4.78 is 8.02. The van der Waals surface area contributed by atoms with E-state index >= 15 is 0 Å². The number of ether oxygens (including phenoxy) is 1. The Morgan fingerprint density at radius 2 is 1.75 bits per heavy atom. The number of aromatic amines is 1. The van der Waals surface area contributed by atoms with Crippen molar-refractivity contribution in [3.8, 4) is 22.9 Å². The van der Waals surface area contributed by atoms with Crippen LogP contribution < -0.4 is 24.8 Å². The van der Waals surface area contributed by atoms with Gasteiger partial charge in [-0.25, -0.2) is 19.7 Å². The van der Waals surface area contributed by atoms with Crippen molar-refractivity contribution in [3.63, 3.8) is 0 Å². The standard InChI is InChI=1S/C37H42ClN11O3/c1-23-20-46(21-25-10-13-47(14-11-25)26-4-6-27(7-5-26)49-15-12-32(50)41-37(49)51)16-17-48(23)31-9-8-28(18-39-31)52-34-30(38)19-40-36-33(34)42-35(43-36)29-22-45(3)44-24(29)2/h4-9,18-19,22-23,25H,10-17,20-21H2,1-3H3,(H,40,42,43)(H,41,50,51)/t23-/m0/s1. The van der Waals surface area contributed by atoms with Gasteiger partial charge in [0, 0.05) is 82.9 Å². The maximum atomic E-state index is 12.2. The molecule has 5 aromatic rings. The molecule has 0 aliphatic carbocycles. The highest BCUT2D eigenvalue weighted by molar-refractivity contribution is 6.32. The fourth-order valence-electron chi connectivity index (χ4n) is 7.62. The van der Waals surface area contributed by atoms with Crippen molar-refractivity contribution in [2.24, 2.45) is 13.0 Å². The number of anilines is 3. The van der Waals surface area contributed by atoms with Crippen molar-refractivity contribution < 1.29 is 14.3 Å². The molecule has 8 rings (SSSR count). The van der Waals surface area contributed by atoms with E-state index in [1.807, 2.05) is 44.4 Å². The van der Waals surface area contributed by atoms with Crippen LogP contribution in [0.25, 0.3) is 22.6 Å². The number of nitrogens with zero attached hydrogens (tertiary/aromatic N) is 9. The number of H-pyrrole nitrogens is 1. The molecule has 3 fully saturated rings. The van der Waals surface area contributed by atoms with Gasteiger partial charge in [-0.05, 0) is 69.0 Å². The lowest BCUT2D eigenvalue weighted by Crippen LogP contribution is -2.53. The van der Waals surface area contributed by atoms with Gasteiger partial charge < -0.3 is 19.5 Å². The van der Waals surface area contributed by atoms with Crippen molar-refractivity contribution in [1.82, 2.24) is 39.9 Å². The first kappa shape index (κ1) is 33.9. The second-order valence-electron chi connectivity index (χ2n) is 14.0. The third-order valence-corrected chi connectivity index (χ3v) is 10.6. The van der Waals surface area contributed by atoms with Crippen molar-refractivity contribution in [1.29, 1.82) is 0 Å². The van der Waals surface area contributed by atoms with Crippen LogP contribution in [0.3, 0.4) is 0 Å². The van der Waals surface area contributed by atoms with Crippen molar-refractivity contribution in [3.05, 3.63) is 65.7 Å². The molecule has 7 heterocycles. The molecule has 0 saturated carbocycles. The van der Waals surface area contributed by atoms with Gasteiger partial charge in [-0.2, -0.15) is 5.10 Å². The first-order valence-corrected chi connectivity index (χ1v) is 18.2. The number of hydrogen-bond acceptors (Lipinski definition) is 10. The number of imide groups is 1. The fourth-order valence-corrected chi connectivity index (χ4v) is 7.81. The molecule has 52 heavy (non-hydrogen) atoms. The van der Waals surface area contributed by atoms with Gasteiger partial charge in [-0.3, -0.25) is 24.6 Å². The molecule has 15 heteroatoms. The summed E-state index contributed by atoms with van der Waals surface area (Å²) in [6.07, 6.45) is 7.82. The van der Waals surface area contributed by atoms with Crippen LogP contribution in [-0.4, -0.2) is 98.4 Å². The van der Waals surface area contributed by atoms with Crippen LogP contribution in [0.2, 0.25) is 5.02 Å². The number of piperazine rings is 1. The largest absolute Gasteiger partial charge is 0.452 e. The van der Waals surface area contributed by atoms with Gasteiger partial charge in [0.05, 0.1) is 23.7 Å². The van der Waals surface area contributed by atoms with Gasteiger partial charge in [0.2, 0.25) is 5.91 Å². The van der Waals surface area contributed by atoms with Crippen LogP contribution in [0, 0.1) is 12.8 Å². The summed E-state index contributed by atoms with van der Waals surface area (Å²) in [4.78, 5) is 49.9. The minimum Gasteiger partial charge on any atom is -0.452 e. The lowest BCUT2D eigenvalue weighted by Gasteiger charge is -2.43. The maximum absolute atomic E-state index is 12.2. The quantitative estimate of drug-likeness (QED) is 0.214. The smallest absolute Gasteiger partial charge is 0.328 e. The summed E-state index contributed by atoms with van der Waals surface area (Å²) >= 11 is 6.56. The highest BCUT2D eigenvalue weighted by Crippen LogP contribution is 2.36. The van der Waals surface area contributed by atoms with Crippen LogP contribution in [0.1, 0.15) is 31.9 Å². The zero-order valence-electron chi connectivity index (χ0n) is 29.5. The van der Waals surface area contributed by atoms with Crippen molar-refractivity contribution in [2.45, 2.75) is 39.2 Å². The van der Waals surface area contributed by atoms with E-state index in [9.17, 15) is 9.59 Å². The van der Waals surface area contributed by atoms with E-state index in [4.69, 9.17) is 21.3 Å². The van der Waals surface area contributed by atoms with Crippen LogP contribution in [0.4, 0.5) is 22.0 Å². The summed E-state index contributed by atoms with van der Waals surface area (Å²) in [5.74, 6) is 3.05. The van der Waals surface area contributed by atoms with E-state index in [-0.39, 0.29) is 11.9 Å². The molecule has 3 saturated heterocycles. The van der Waals surface area contributed by atoms with Gasteiger partial charge >= 0.3 is 6.03 Å². The number of rotatable bonds is 8. The third-order valence-electron chi connectivity index (χ3n) is 10.4. The highest BCUT2D eigenvalue weighted by atomic mass is 35.5. The molecular weight excluding hydrogens is 682 g/mol. The predicted molar refractivity (Wildman–Crippen MR) is 200 cm³/mol. The number of carbonyl (C=O) groups excluding carboxylic acids is 2. The lowest BCUT2D eigenvalue weighted by molar-refractivity contribution is -0.120. The van der Waals surface area contributed by atoms with Gasteiger partial charge in [0.15, 0.2) is 11.4 Å². The molecule has 0 unspecified atom stereocenters. The molecule has 2 N–H and O–H groups in total. The number of benzene rings is 1. The third kappa shape index (κ3) is 6.87. The average molecular weight is 724 g/mol. The van der Waals surface area contributed by atoms with Gasteiger partial charge in [-0.1, -0.05) is 11.6 Å². The van der Waals surface area contributed by atoms with E-state index < -0.39 is 0 Å². The number of urea groups is 1. The van der Waals surface area contributed by atoms with E-state index in [2.05, 4.69) is 59.1 Å². The molecule has 0 radical (unpaired) electrons. The minimum absolute atomic E-state index is 0.219. The molecule has 1 aromatic carbocycles. The maximum Gasteiger partial charge on any atom is 0.328 e. The van der Waals surface area contributed by atoms with Crippen LogP contribution in [0.15, 0.2) is 55.0 Å². The number of aromatic nitrogens is 6. The molecule has 4 aromatic heterocycles. The number of halogens is 1. The molecular formula is C37H42ClN11O3. The van der Waals surface area contributed by atoms with E-state index in [1.54, 1.807) is 22.0 Å². The number of hydrogen-bond donors (Lipinski definition) is 2. The van der Waals surface area contributed by atoms with Gasteiger partial charge in [0.1, 0.15) is 27.9 Å². The van der Waals surface area contributed by atoms with E-state index in [0.717, 1.165) is 74.9 Å². The Labute approximate surface area is 306 Å². The predicted octanol–water partition coefficient (Wildman–Crippen LogP) is 5.38.